The average molecular weight is 405 g/mol. The van der Waals surface area contributed by atoms with Gasteiger partial charge in [0.25, 0.3) is 5.91 Å². The zero-order valence-electron chi connectivity index (χ0n) is 16.9. The molecular weight excluding hydrogens is 381 g/mol. The summed E-state index contributed by atoms with van der Waals surface area (Å²) in [6, 6.07) is 18.7. The Morgan fingerprint density at radius 1 is 0.967 bits per heavy atom. The number of amides is 1. The third-order valence-corrected chi connectivity index (χ3v) is 6.16. The SMILES string of the molecule is COc1ccc(CN2C(=O)c3cccn3C3CN(Cc4cccc(F)c4)CC32)cc1. The van der Waals surface area contributed by atoms with E-state index in [0.29, 0.717) is 13.1 Å². The predicted octanol–water partition coefficient (Wildman–Crippen LogP) is 3.72. The Morgan fingerprint density at radius 3 is 2.53 bits per heavy atom. The molecule has 2 aliphatic heterocycles. The van der Waals surface area contributed by atoms with Crippen LogP contribution in [0.2, 0.25) is 0 Å². The third-order valence-electron chi connectivity index (χ3n) is 6.16. The van der Waals surface area contributed by atoms with Gasteiger partial charge in [0.2, 0.25) is 0 Å². The van der Waals surface area contributed by atoms with Crippen molar-refractivity contribution in [1.82, 2.24) is 14.4 Å². The molecule has 2 aromatic carbocycles. The Hall–Kier alpha value is -3.12. The van der Waals surface area contributed by atoms with Gasteiger partial charge in [-0.05, 0) is 47.5 Å². The maximum Gasteiger partial charge on any atom is 0.271 e. The fraction of sp³-hybridized carbons (Fsp3) is 0.292. The standard InChI is InChI=1S/C24H24FN3O2/c1-30-20-9-7-17(8-10-20)14-28-23-16-26(13-18-4-2-5-19(25)12-18)15-22(23)27-11-3-6-21(27)24(28)29/h2-12,22-23H,13-16H2,1H3. The summed E-state index contributed by atoms with van der Waals surface area (Å²) in [5, 5.41) is 0. The first-order valence-electron chi connectivity index (χ1n) is 10.2. The summed E-state index contributed by atoms with van der Waals surface area (Å²) < 4.78 is 21.0. The van der Waals surface area contributed by atoms with E-state index in [2.05, 4.69) is 9.47 Å². The van der Waals surface area contributed by atoms with Crippen molar-refractivity contribution in [3.05, 3.63) is 89.5 Å². The molecule has 0 radical (unpaired) electrons. The number of fused-ring (bicyclic) bond motifs is 3. The van der Waals surface area contributed by atoms with Gasteiger partial charge < -0.3 is 14.2 Å². The summed E-state index contributed by atoms with van der Waals surface area (Å²) in [5.41, 5.74) is 2.76. The van der Waals surface area contributed by atoms with Crippen LogP contribution in [-0.4, -0.2) is 46.5 Å². The van der Waals surface area contributed by atoms with Gasteiger partial charge in [0, 0.05) is 32.4 Å². The molecule has 5 rings (SSSR count). The van der Waals surface area contributed by atoms with Crippen molar-refractivity contribution in [3.63, 3.8) is 0 Å². The van der Waals surface area contributed by atoms with Gasteiger partial charge in [-0.1, -0.05) is 24.3 Å². The minimum atomic E-state index is -0.215. The molecule has 0 bridgehead atoms. The Morgan fingerprint density at radius 2 is 1.77 bits per heavy atom. The van der Waals surface area contributed by atoms with Crippen molar-refractivity contribution in [2.75, 3.05) is 20.2 Å². The van der Waals surface area contributed by atoms with Gasteiger partial charge in [-0.3, -0.25) is 9.69 Å². The number of hydrogen-bond acceptors (Lipinski definition) is 3. The number of aromatic nitrogens is 1. The second-order valence-electron chi connectivity index (χ2n) is 8.04. The summed E-state index contributed by atoms with van der Waals surface area (Å²) in [7, 11) is 1.65. The van der Waals surface area contributed by atoms with Crippen LogP contribution in [0.15, 0.2) is 66.9 Å². The number of methoxy groups -OCH3 is 1. The second kappa shape index (κ2) is 7.61. The largest absolute Gasteiger partial charge is 0.497 e. The molecule has 1 fully saturated rings. The van der Waals surface area contributed by atoms with Crippen molar-refractivity contribution in [1.29, 1.82) is 0 Å². The highest BCUT2D eigenvalue weighted by Gasteiger charge is 2.44. The predicted molar refractivity (Wildman–Crippen MR) is 112 cm³/mol. The van der Waals surface area contributed by atoms with E-state index in [4.69, 9.17) is 4.74 Å². The lowest BCUT2D eigenvalue weighted by Gasteiger charge is -2.38. The zero-order chi connectivity index (χ0) is 20.7. The molecule has 0 saturated carbocycles. The average Bonchev–Trinajstić information content (AvgIpc) is 3.39. The molecule has 1 aromatic heterocycles. The van der Waals surface area contributed by atoms with Gasteiger partial charge in [0.05, 0.1) is 19.2 Å². The summed E-state index contributed by atoms with van der Waals surface area (Å²) >= 11 is 0. The van der Waals surface area contributed by atoms with Crippen LogP contribution in [0.5, 0.6) is 5.75 Å². The highest BCUT2D eigenvalue weighted by molar-refractivity contribution is 5.94. The van der Waals surface area contributed by atoms with E-state index in [0.717, 1.165) is 35.7 Å². The zero-order valence-corrected chi connectivity index (χ0v) is 16.9. The van der Waals surface area contributed by atoms with E-state index in [-0.39, 0.29) is 23.8 Å². The summed E-state index contributed by atoms with van der Waals surface area (Å²) in [4.78, 5) is 17.6. The van der Waals surface area contributed by atoms with E-state index in [1.54, 1.807) is 19.2 Å². The van der Waals surface area contributed by atoms with Crippen molar-refractivity contribution in [2.45, 2.75) is 25.2 Å². The molecule has 5 nitrogen and oxygen atoms in total. The number of benzene rings is 2. The number of hydrogen-bond donors (Lipinski definition) is 0. The fourth-order valence-electron chi connectivity index (χ4n) is 4.73. The fourth-order valence-corrected chi connectivity index (χ4v) is 4.73. The number of halogens is 1. The number of rotatable bonds is 5. The van der Waals surface area contributed by atoms with Crippen molar-refractivity contribution in [3.8, 4) is 5.75 Å². The van der Waals surface area contributed by atoms with Gasteiger partial charge >= 0.3 is 0 Å². The molecule has 1 saturated heterocycles. The molecule has 2 aliphatic rings. The first kappa shape index (κ1) is 18.9. The molecule has 0 N–H and O–H groups in total. The van der Waals surface area contributed by atoms with Crippen LogP contribution in [0.4, 0.5) is 4.39 Å². The van der Waals surface area contributed by atoms with E-state index < -0.39 is 0 Å². The van der Waals surface area contributed by atoms with E-state index >= 15 is 0 Å². The lowest BCUT2D eigenvalue weighted by molar-refractivity contribution is 0.0556. The lowest BCUT2D eigenvalue weighted by atomic mass is 10.0. The van der Waals surface area contributed by atoms with Crippen LogP contribution in [0.3, 0.4) is 0 Å². The Bertz CT molecular complexity index is 1060. The molecule has 0 spiro atoms. The molecule has 6 heteroatoms. The number of carbonyl (C=O) groups is 1. The first-order valence-corrected chi connectivity index (χ1v) is 10.2. The highest BCUT2D eigenvalue weighted by atomic mass is 19.1. The molecule has 2 unspecified atom stereocenters. The third kappa shape index (κ3) is 3.37. The summed E-state index contributed by atoms with van der Waals surface area (Å²) in [6.45, 7) is 2.82. The maximum atomic E-state index is 13.6. The summed E-state index contributed by atoms with van der Waals surface area (Å²) in [5.74, 6) is 0.649. The van der Waals surface area contributed by atoms with Crippen LogP contribution < -0.4 is 4.74 Å². The molecule has 1 amide bonds. The Kier molecular flexibility index (Phi) is 4.79. The Labute approximate surface area is 175 Å². The van der Waals surface area contributed by atoms with Crippen LogP contribution in [0.25, 0.3) is 0 Å². The second-order valence-corrected chi connectivity index (χ2v) is 8.04. The van der Waals surface area contributed by atoms with E-state index in [9.17, 15) is 9.18 Å². The van der Waals surface area contributed by atoms with Crippen molar-refractivity contribution >= 4 is 5.91 Å². The molecule has 30 heavy (non-hydrogen) atoms. The minimum Gasteiger partial charge on any atom is -0.497 e. The number of ether oxygens (including phenoxy) is 1. The normalized spacial score (nSPS) is 20.9. The summed E-state index contributed by atoms with van der Waals surface area (Å²) in [6.07, 6.45) is 2.00. The molecule has 2 atom stereocenters. The minimum absolute atomic E-state index is 0.0599. The van der Waals surface area contributed by atoms with Crippen LogP contribution in [0, 0.1) is 5.82 Å². The Balaban J connectivity index is 1.41. The van der Waals surface area contributed by atoms with Crippen LogP contribution in [-0.2, 0) is 13.1 Å². The van der Waals surface area contributed by atoms with Gasteiger partial charge in [-0.25, -0.2) is 4.39 Å². The van der Waals surface area contributed by atoms with Crippen molar-refractivity contribution < 1.29 is 13.9 Å². The van der Waals surface area contributed by atoms with Gasteiger partial charge in [0.15, 0.2) is 0 Å². The molecule has 3 aromatic rings. The monoisotopic (exact) mass is 405 g/mol. The topological polar surface area (TPSA) is 37.7 Å². The van der Waals surface area contributed by atoms with E-state index in [1.807, 2.05) is 53.6 Å². The maximum absolute atomic E-state index is 13.6. The van der Waals surface area contributed by atoms with Crippen LogP contribution in [0.1, 0.15) is 27.7 Å². The van der Waals surface area contributed by atoms with Gasteiger partial charge in [0.1, 0.15) is 17.3 Å². The quantitative estimate of drug-likeness (QED) is 0.649. The number of likely N-dealkylation sites (tertiary alicyclic amines) is 1. The lowest BCUT2D eigenvalue weighted by Crippen LogP contribution is -2.49. The van der Waals surface area contributed by atoms with Gasteiger partial charge in [-0.15, -0.1) is 0 Å². The number of nitrogens with zero attached hydrogens (tertiary/aromatic N) is 3. The van der Waals surface area contributed by atoms with Crippen LogP contribution >= 0.6 is 0 Å². The molecule has 154 valence electrons. The molecule has 0 aliphatic carbocycles. The van der Waals surface area contributed by atoms with Gasteiger partial charge in [-0.2, -0.15) is 0 Å². The number of carbonyl (C=O) groups excluding carboxylic acids is 1. The van der Waals surface area contributed by atoms with Crippen molar-refractivity contribution in [2.24, 2.45) is 0 Å². The molecule has 3 heterocycles. The smallest absolute Gasteiger partial charge is 0.271 e. The van der Waals surface area contributed by atoms with E-state index in [1.165, 1.54) is 6.07 Å². The first-order chi connectivity index (χ1) is 14.6. The highest BCUT2D eigenvalue weighted by Crippen LogP contribution is 2.35. The molecular formula is C24H24FN3O2.